The van der Waals surface area contributed by atoms with Gasteiger partial charge in [0.25, 0.3) is 0 Å². The van der Waals surface area contributed by atoms with Crippen LogP contribution in [-0.4, -0.2) is 67.0 Å². The fourth-order valence-corrected chi connectivity index (χ4v) is 7.60. The summed E-state index contributed by atoms with van der Waals surface area (Å²) >= 11 is 0. The minimum absolute atomic E-state index is 0. The molecule has 4 aromatic carbocycles. The highest BCUT2D eigenvalue weighted by atomic mass is 19.4. The number of nitrogens with zero attached hydrogens (tertiary/aromatic N) is 7. The van der Waals surface area contributed by atoms with Gasteiger partial charge in [0.1, 0.15) is 17.3 Å². The molecule has 6 heterocycles. The minimum atomic E-state index is -5.09. The van der Waals surface area contributed by atoms with Crippen molar-refractivity contribution in [1.29, 1.82) is 0 Å². The maximum absolute atomic E-state index is 14.3. The molecule has 4 N–H and O–H groups in total. The van der Waals surface area contributed by atoms with Crippen molar-refractivity contribution in [1.82, 2.24) is 39.2 Å². The van der Waals surface area contributed by atoms with E-state index in [2.05, 4.69) is 25.1 Å². The molecule has 2 unspecified atom stereocenters. The minimum Gasteiger partial charge on any atom is -0.427 e. The van der Waals surface area contributed by atoms with Crippen molar-refractivity contribution in [3.63, 3.8) is 0 Å². The fourth-order valence-electron chi connectivity index (χ4n) is 7.60. The Morgan fingerprint density at radius 1 is 0.569 bits per heavy atom. The number of fused-ring (bicyclic) bond motifs is 4. The first-order chi connectivity index (χ1) is 30.0. The molecule has 0 amide bonds. The van der Waals surface area contributed by atoms with Crippen LogP contribution in [0.3, 0.4) is 0 Å². The number of halogens is 8. The molecule has 0 spiro atoms. The molecule has 0 radical (unpaired) electrons. The van der Waals surface area contributed by atoms with Crippen LogP contribution in [-0.2, 0) is 11.2 Å². The Kier molecular flexibility index (Phi) is 11.5. The van der Waals surface area contributed by atoms with Gasteiger partial charge in [0.15, 0.2) is 5.82 Å². The highest BCUT2D eigenvalue weighted by Gasteiger charge is 2.59. The van der Waals surface area contributed by atoms with E-state index in [9.17, 15) is 50.5 Å². The first-order valence-electron chi connectivity index (χ1n) is 18.6. The monoisotopic (exact) mass is 900 g/mol. The Labute approximate surface area is 363 Å². The molecular weight excluding hydrogens is 865 g/mol. The maximum atomic E-state index is 14.3. The van der Waals surface area contributed by atoms with E-state index in [0.29, 0.717) is 37.9 Å². The standard InChI is InChI=1S/C22H14F4N4O2.C22H14F4N4O.2CH4/c23-15-4-6-16(7-5-15)30-19-8-3-14(10-13(19)11-28-30)21(31,22(24,25)26)18-12-27-20-17(18)2-1-9-29(20)32;23-15-4-6-16(7-5-15)30-19-8-3-14(10-13(19)11-29-30)21(31,22(24,25)26)18-12-28-20-17(18)2-1-9-27-20;;/h1-12,31-32H;1-12,31H,(H,27,28);2*1H4. The summed E-state index contributed by atoms with van der Waals surface area (Å²) in [6, 6.07) is 24.4. The summed E-state index contributed by atoms with van der Waals surface area (Å²) in [6.45, 7) is 0. The van der Waals surface area contributed by atoms with Gasteiger partial charge >= 0.3 is 12.4 Å². The Morgan fingerprint density at radius 2 is 1.08 bits per heavy atom. The molecule has 334 valence electrons. The number of rotatable bonds is 6. The van der Waals surface area contributed by atoms with Gasteiger partial charge in [0, 0.05) is 57.6 Å². The summed E-state index contributed by atoms with van der Waals surface area (Å²) in [5.74, 6) is -0.955. The van der Waals surface area contributed by atoms with Gasteiger partial charge in [-0.3, -0.25) is 0 Å². The number of nitrogens with one attached hydrogen (secondary N) is 1. The van der Waals surface area contributed by atoms with Crippen LogP contribution >= 0.6 is 0 Å². The summed E-state index contributed by atoms with van der Waals surface area (Å²) in [6.07, 6.45) is -2.63. The summed E-state index contributed by atoms with van der Waals surface area (Å²) in [5, 5.41) is 41.3. The predicted molar refractivity (Wildman–Crippen MR) is 226 cm³/mol. The highest BCUT2D eigenvalue weighted by molar-refractivity contribution is 5.85. The number of benzene rings is 4. The normalized spacial score (nSPS) is 13.8. The molecule has 0 saturated carbocycles. The molecular formula is C46H36F8N8O3. The molecule has 2 aliphatic rings. The van der Waals surface area contributed by atoms with E-state index in [-0.39, 0.29) is 48.4 Å². The molecule has 2 aliphatic heterocycles. The molecule has 2 atom stereocenters. The van der Waals surface area contributed by atoms with Crippen LogP contribution in [0, 0.1) is 11.6 Å². The molecule has 65 heavy (non-hydrogen) atoms. The predicted octanol–water partition coefficient (Wildman–Crippen LogP) is 10.6. The number of pyridine rings is 2. The van der Waals surface area contributed by atoms with Crippen molar-refractivity contribution >= 4 is 32.8 Å². The number of aromatic nitrogens is 8. The second kappa shape index (κ2) is 16.5. The van der Waals surface area contributed by atoms with E-state index in [0.717, 1.165) is 18.5 Å². The maximum Gasteiger partial charge on any atom is 0.425 e. The van der Waals surface area contributed by atoms with Crippen molar-refractivity contribution in [2.45, 2.75) is 38.4 Å². The van der Waals surface area contributed by atoms with Gasteiger partial charge in [-0.15, -0.1) is 0 Å². The number of aromatic amines is 1. The second-order valence-electron chi connectivity index (χ2n) is 14.4. The fraction of sp³-hybridized carbons (Fsp3) is 0.130. The average molecular weight is 901 g/mol. The van der Waals surface area contributed by atoms with E-state index >= 15 is 0 Å². The zero-order valence-electron chi connectivity index (χ0n) is 31.9. The lowest BCUT2D eigenvalue weighted by atomic mass is 9.84. The number of hydrogen-bond acceptors (Lipinski definition) is 7. The largest absolute Gasteiger partial charge is 0.427 e. The summed E-state index contributed by atoms with van der Waals surface area (Å²) in [4.78, 5) is 10.5. The summed E-state index contributed by atoms with van der Waals surface area (Å²) in [7, 11) is 0. The van der Waals surface area contributed by atoms with Crippen molar-refractivity contribution in [2.75, 3.05) is 0 Å². The topological polar surface area (TPSA) is 143 Å². The Morgan fingerprint density at radius 3 is 1.58 bits per heavy atom. The molecule has 0 fully saturated rings. The molecule has 4 aromatic heterocycles. The zero-order chi connectivity index (χ0) is 44.5. The van der Waals surface area contributed by atoms with Gasteiger partial charge in [0.05, 0.1) is 34.8 Å². The van der Waals surface area contributed by atoms with Crippen LogP contribution < -0.4 is 0 Å². The van der Waals surface area contributed by atoms with Gasteiger partial charge < -0.3 is 20.4 Å². The SMILES string of the molecule is C.C.OC(c1ccc2c(cnn2-c2ccc(F)cc2)c1)(c1c[nH]c2ncccc12)C(F)(F)F.On1cccc2c(C(O)(c3ccc4c(cnn4-c4ccc(F)cc4)c3)C(F)(F)F)cnc1-2. The third kappa shape index (κ3) is 7.47. The lowest BCUT2D eigenvalue weighted by Crippen LogP contribution is -2.43. The van der Waals surface area contributed by atoms with Crippen LogP contribution in [0.1, 0.15) is 37.1 Å². The van der Waals surface area contributed by atoms with Crippen LogP contribution in [0.15, 0.2) is 146 Å². The third-order valence-electron chi connectivity index (χ3n) is 10.7. The molecule has 0 bridgehead atoms. The van der Waals surface area contributed by atoms with Crippen LogP contribution in [0.5, 0.6) is 0 Å². The van der Waals surface area contributed by atoms with Crippen molar-refractivity contribution in [3.8, 4) is 22.8 Å². The first-order valence-corrected chi connectivity index (χ1v) is 18.6. The van der Waals surface area contributed by atoms with E-state index in [1.54, 1.807) is 0 Å². The molecule has 10 rings (SSSR count). The van der Waals surface area contributed by atoms with Gasteiger partial charge in [-0.2, -0.15) is 41.3 Å². The summed E-state index contributed by atoms with van der Waals surface area (Å²) in [5.41, 5.74) is -6.01. The van der Waals surface area contributed by atoms with E-state index in [1.165, 1.54) is 137 Å². The van der Waals surface area contributed by atoms with Crippen molar-refractivity contribution in [3.05, 3.63) is 180 Å². The average Bonchev–Trinajstić information content (AvgIpc) is 4.08. The molecule has 0 aliphatic carbocycles. The first kappa shape index (κ1) is 45.4. The van der Waals surface area contributed by atoms with E-state index < -0.39 is 46.3 Å². The number of aliphatic hydroxyl groups is 2. The van der Waals surface area contributed by atoms with E-state index in [1.807, 2.05) is 0 Å². The number of hydrogen-bond donors (Lipinski definition) is 4. The van der Waals surface area contributed by atoms with Gasteiger partial charge in [-0.1, -0.05) is 27.0 Å². The van der Waals surface area contributed by atoms with Crippen molar-refractivity contribution < 1.29 is 50.5 Å². The van der Waals surface area contributed by atoms with Crippen LogP contribution in [0.4, 0.5) is 35.1 Å². The summed E-state index contributed by atoms with van der Waals surface area (Å²) < 4.78 is 116. The Bertz CT molecular complexity index is 3250. The number of H-pyrrole nitrogens is 1. The molecule has 19 heteroatoms. The van der Waals surface area contributed by atoms with Gasteiger partial charge in [-0.25, -0.2) is 28.1 Å². The third-order valence-corrected chi connectivity index (χ3v) is 10.7. The second-order valence-corrected chi connectivity index (χ2v) is 14.4. The molecule has 11 nitrogen and oxygen atoms in total. The smallest absolute Gasteiger partial charge is 0.425 e. The highest BCUT2D eigenvalue weighted by Crippen LogP contribution is 2.49. The van der Waals surface area contributed by atoms with Crippen LogP contribution in [0.2, 0.25) is 0 Å². The number of alkyl halides is 6. The molecule has 0 saturated heterocycles. The van der Waals surface area contributed by atoms with E-state index in [4.69, 9.17) is 0 Å². The zero-order valence-corrected chi connectivity index (χ0v) is 31.9. The Hall–Kier alpha value is -7.64. The lowest BCUT2D eigenvalue weighted by Gasteiger charge is -2.31. The van der Waals surface area contributed by atoms with Crippen LogP contribution in [0.25, 0.3) is 55.6 Å². The Balaban J connectivity index is 0.000000188. The van der Waals surface area contributed by atoms with Crippen molar-refractivity contribution in [2.24, 2.45) is 0 Å². The lowest BCUT2D eigenvalue weighted by molar-refractivity contribution is -0.248. The van der Waals surface area contributed by atoms with Gasteiger partial charge in [0.2, 0.25) is 11.2 Å². The quantitative estimate of drug-likeness (QED) is 0.0961. The van der Waals surface area contributed by atoms with Gasteiger partial charge in [-0.05, 0) is 108 Å². The molecule has 8 aromatic rings.